The Hall–Kier alpha value is -1.32. The van der Waals surface area contributed by atoms with Crippen molar-refractivity contribution in [3.63, 3.8) is 0 Å². The summed E-state index contributed by atoms with van der Waals surface area (Å²) < 4.78 is 0. The van der Waals surface area contributed by atoms with Crippen LogP contribution in [0.15, 0.2) is 29.8 Å². The topological polar surface area (TPSA) is 49.3 Å². The van der Waals surface area contributed by atoms with Gasteiger partial charge in [0.25, 0.3) is 0 Å². The number of aliphatic hydroxyl groups excluding tert-OH is 1. The van der Waals surface area contributed by atoms with Gasteiger partial charge in [-0.25, -0.2) is 0 Å². The number of halogens is 1. The number of amides is 1. The molecule has 0 aliphatic rings. The van der Waals surface area contributed by atoms with Crippen LogP contribution in [0.3, 0.4) is 0 Å². The van der Waals surface area contributed by atoms with Gasteiger partial charge >= 0.3 is 0 Å². The molecular formula is C15H20ClNO2. The third kappa shape index (κ3) is 5.90. The van der Waals surface area contributed by atoms with Crippen molar-refractivity contribution >= 4 is 23.6 Å². The maximum absolute atomic E-state index is 11.9. The van der Waals surface area contributed by atoms with Crippen molar-refractivity contribution in [1.29, 1.82) is 0 Å². The fraction of sp³-hybridized carbons (Fsp3) is 0.400. The zero-order chi connectivity index (χ0) is 14.3. The SMILES string of the molecule is C/C(=C\c1cccc(Cl)c1)C(=O)NCC(C)CCO. The van der Waals surface area contributed by atoms with E-state index in [0.717, 1.165) is 5.56 Å². The molecule has 1 aromatic rings. The Morgan fingerprint density at radius 2 is 2.26 bits per heavy atom. The molecule has 0 aromatic heterocycles. The van der Waals surface area contributed by atoms with Crippen molar-refractivity contribution < 1.29 is 9.90 Å². The third-order valence-corrected chi connectivity index (χ3v) is 3.06. The molecule has 0 aliphatic carbocycles. The zero-order valence-corrected chi connectivity index (χ0v) is 12.1. The molecule has 0 bridgehead atoms. The number of hydrogen-bond donors (Lipinski definition) is 2. The molecule has 0 spiro atoms. The lowest BCUT2D eigenvalue weighted by Gasteiger charge is -2.11. The van der Waals surface area contributed by atoms with E-state index >= 15 is 0 Å². The molecule has 3 nitrogen and oxygen atoms in total. The van der Waals surface area contributed by atoms with Crippen LogP contribution in [0.1, 0.15) is 25.8 Å². The summed E-state index contributed by atoms with van der Waals surface area (Å²) in [5.74, 6) is 0.178. The number of aliphatic hydroxyl groups is 1. The van der Waals surface area contributed by atoms with Crippen molar-refractivity contribution in [2.75, 3.05) is 13.2 Å². The van der Waals surface area contributed by atoms with Crippen LogP contribution in [0.2, 0.25) is 5.02 Å². The third-order valence-electron chi connectivity index (χ3n) is 2.82. The van der Waals surface area contributed by atoms with E-state index in [2.05, 4.69) is 5.32 Å². The van der Waals surface area contributed by atoms with Crippen LogP contribution in [0.5, 0.6) is 0 Å². The number of hydrogen-bond acceptors (Lipinski definition) is 2. The fourth-order valence-electron chi connectivity index (χ4n) is 1.64. The largest absolute Gasteiger partial charge is 0.396 e. The summed E-state index contributed by atoms with van der Waals surface area (Å²) in [4.78, 5) is 11.9. The summed E-state index contributed by atoms with van der Waals surface area (Å²) in [6.07, 6.45) is 2.50. The average Bonchev–Trinajstić information content (AvgIpc) is 2.36. The lowest BCUT2D eigenvalue weighted by atomic mass is 10.1. The lowest BCUT2D eigenvalue weighted by Crippen LogP contribution is -2.29. The molecule has 1 rings (SSSR count). The summed E-state index contributed by atoms with van der Waals surface area (Å²) in [7, 11) is 0. The minimum absolute atomic E-state index is 0.0928. The second-order valence-electron chi connectivity index (χ2n) is 4.71. The maximum Gasteiger partial charge on any atom is 0.246 e. The van der Waals surface area contributed by atoms with Gasteiger partial charge in [-0.05, 0) is 43.0 Å². The number of carbonyl (C=O) groups excluding carboxylic acids is 1. The first-order valence-electron chi connectivity index (χ1n) is 6.36. The Morgan fingerprint density at radius 3 is 2.89 bits per heavy atom. The zero-order valence-electron chi connectivity index (χ0n) is 11.3. The molecule has 0 heterocycles. The quantitative estimate of drug-likeness (QED) is 0.788. The summed E-state index contributed by atoms with van der Waals surface area (Å²) in [5, 5.41) is 12.3. The lowest BCUT2D eigenvalue weighted by molar-refractivity contribution is -0.117. The van der Waals surface area contributed by atoms with Crippen molar-refractivity contribution in [3.8, 4) is 0 Å². The molecular weight excluding hydrogens is 262 g/mol. The molecule has 1 amide bonds. The van der Waals surface area contributed by atoms with Crippen molar-refractivity contribution in [3.05, 3.63) is 40.4 Å². The van der Waals surface area contributed by atoms with Gasteiger partial charge in [-0.15, -0.1) is 0 Å². The van der Waals surface area contributed by atoms with Crippen LogP contribution >= 0.6 is 11.6 Å². The molecule has 4 heteroatoms. The smallest absolute Gasteiger partial charge is 0.246 e. The molecule has 0 fully saturated rings. The first-order valence-corrected chi connectivity index (χ1v) is 6.73. The van der Waals surface area contributed by atoms with Crippen molar-refractivity contribution in [2.24, 2.45) is 5.92 Å². The van der Waals surface area contributed by atoms with Crippen LogP contribution in [0.4, 0.5) is 0 Å². The Balaban J connectivity index is 2.57. The minimum Gasteiger partial charge on any atom is -0.396 e. The molecule has 0 saturated carbocycles. The van der Waals surface area contributed by atoms with Crippen LogP contribution < -0.4 is 5.32 Å². The van der Waals surface area contributed by atoms with E-state index < -0.39 is 0 Å². The number of benzene rings is 1. The van der Waals surface area contributed by atoms with Crippen LogP contribution in [0, 0.1) is 5.92 Å². The molecule has 19 heavy (non-hydrogen) atoms. The van der Waals surface area contributed by atoms with Gasteiger partial charge in [0.05, 0.1) is 0 Å². The van der Waals surface area contributed by atoms with E-state index in [4.69, 9.17) is 16.7 Å². The molecule has 1 aromatic carbocycles. The molecule has 1 atom stereocenters. The Kier molecular flexibility index (Phi) is 6.60. The van der Waals surface area contributed by atoms with E-state index in [1.54, 1.807) is 19.1 Å². The maximum atomic E-state index is 11.9. The average molecular weight is 282 g/mol. The van der Waals surface area contributed by atoms with E-state index in [9.17, 15) is 4.79 Å². The van der Waals surface area contributed by atoms with Crippen LogP contribution in [0.25, 0.3) is 6.08 Å². The van der Waals surface area contributed by atoms with Crippen molar-refractivity contribution in [2.45, 2.75) is 20.3 Å². The van der Waals surface area contributed by atoms with E-state index in [1.807, 2.05) is 25.1 Å². The highest BCUT2D eigenvalue weighted by molar-refractivity contribution is 6.30. The van der Waals surface area contributed by atoms with Gasteiger partial charge < -0.3 is 10.4 Å². The first kappa shape index (κ1) is 15.7. The van der Waals surface area contributed by atoms with Gasteiger partial charge in [0, 0.05) is 23.7 Å². The first-order chi connectivity index (χ1) is 9.02. The van der Waals surface area contributed by atoms with Gasteiger partial charge in [0.1, 0.15) is 0 Å². The molecule has 2 N–H and O–H groups in total. The Bertz CT molecular complexity index is 457. The van der Waals surface area contributed by atoms with Gasteiger partial charge in [0.15, 0.2) is 0 Å². The van der Waals surface area contributed by atoms with Crippen LogP contribution in [-0.2, 0) is 4.79 Å². The van der Waals surface area contributed by atoms with Crippen LogP contribution in [-0.4, -0.2) is 24.2 Å². The van der Waals surface area contributed by atoms with E-state index in [-0.39, 0.29) is 18.4 Å². The minimum atomic E-state index is -0.0928. The standard InChI is InChI=1S/C15H20ClNO2/c1-11(6-7-18)10-17-15(19)12(2)8-13-4-3-5-14(16)9-13/h3-5,8-9,11,18H,6-7,10H2,1-2H3,(H,17,19)/b12-8+. The van der Waals surface area contributed by atoms with Crippen molar-refractivity contribution in [1.82, 2.24) is 5.32 Å². The predicted octanol–water partition coefficient (Wildman–Crippen LogP) is 2.88. The number of carbonyl (C=O) groups is 1. The molecule has 0 aliphatic heterocycles. The molecule has 0 radical (unpaired) electrons. The highest BCUT2D eigenvalue weighted by Crippen LogP contribution is 2.13. The highest BCUT2D eigenvalue weighted by Gasteiger charge is 2.07. The normalized spacial score (nSPS) is 13.2. The second kappa shape index (κ2) is 7.97. The van der Waals surface area contributed by atoms with Gasteiger partial charge in [-0.1, -0.05) is 30.7 Å². The van der Waals surface area contributed by atoms with Gasteiger partial charge in [-0.2, -0.15) is 0 Å². The Morgan fingerprint density at radius 1 is 1.53 bits per heavy atom. The Labute approximate surface area is 119 Å². The van der Waals surface area contributed by atoms with E-state index in [0.29, 0.717) is 23.6 Å². The summed E-state index contributed by atoms with van der Waals surface area (Å²) in [6, 6.07) is 7.36. The van der Waals surface area contributed by atoms with Gasteiger partial charge in [-0.3, -0.25) is 4.79 Å². The fourth-order valence-corrected chi connectivity index (χ4v) is 1.84. The summed E-state index contributed by atoms with van der Waals surface area (Å²) >= 11 is 5.89. The van der Waals surface area contributed by atoms with E-state index in [1.165, 1.54) is 0 Å². The predicted molar refractivity (Wildman–Crippen MR) is 79.0 cm³/mol. The number of rotatable bonds is 6. The molecule has 0 saturated heterocycles. The highest BCUT2D eigenvalue weighted by atomic mass is 35.5. The summed E-state index contributed by atoms with van der Waals surface area (Å²) in [5.41, 5.74) is 1.54. The summed E-state index contributed by atoms with van der Waals surface area (Å²) in [6.45, 7) is 4.48. The molecule has 1 unspecified atom stereocenters. The molecule has 104 valence electrons. The monoisotopic (exact) mass is 281 g/mol. The number of nitrogens with one attached hydrogen (secondary N) is 1. The second-order valence-corrected chi connectivity index (χ2v) is 5.15. The van der Waals surface area contributed by atoms with Gasteiger partial charge in [0.2, 0.25) is 5.91 Å².